The molecule has 1 aliphatic rings. The van der Waals surface area contributed by atoms with Crippen molar-refractivity contribution in [1.29, 1.82) is 0 Å². The Kier molecular flexibility index (Phi) is 5.94. The maximum absolute atomic E-state index is 11.9. The van der Waals surface area contributed by atoms with Gasteiger partial charge in [0.1, 0.15) is 5.78 Å². The normalized spacial score (nSPS) is 22.6. The lowest BCUT2D eigenvalue weighted by Gasteiger charge is -2.35. The molecule has 2 atom stereocenters. The number of nitrogens with zero attached hydrogens (tertiary/aromatic N) is 1. The molecule has 7 nitrogen and oxygen atoms in total. The third-order valence-corrected chi connectivity index (χ3v) is 3.38. The molecule has 0 aromatic rings. The van der Waals surface area contributed by atoms with Gasteiger partial charge in [0.2, 0.25) is 5.91 Å². The molecule has 0 aromatic heterocycles. The van der Waals surface area contributed by atoms with Gasteiger partial charge in [0.25, 0.3) is 0 Å². The molecule has 1 saturated heterocycles. The van der Waals surface area contributed by atoms with Crippen LogP contribution in [0.25, 0.3) is 0 Å². The highest BCUT2D eigenvalue weighted by Gasteiger charge is 2.38. The Morgan fingerprint density at radius 2 is 2.00 bits per heavy atom. The summed E-state index contributed by atoms with van der Waals surface area (Å²) in [5.41, 5.74) is 1.58. The number of amides is 2. The van der Waals surface area contributed by atoms with Crippen molar-refractivity contribution in [1.82, 2.24) is 10.4 Å². The van der Waals surface area contributed by atoms with E-state index in [2.05, 4.69) is 0 Å². The van der Waals surface area contributed by atoms with Crippen LogP contribution in [0.2, 0.25) is 0 Å². The van der Waals surface area contributed by atoms with Gasteiger partial charge in [-0.05, 0) is 19.3 Å². The van der Waals surface area contributed by atoms with Gasteiger partial charge in [-0.15, -0.1) is 0 Å². The number of nitrogens with one attached hydrogen (secondary N) is 1. The Hall–Kier alpha value is -1.63. The summed E-state index contributed by atoms with van der Waals surface area (Å²) in [5.74, 6) is -1.74. The smallest absolute Gasteiger partial charge is 0.409 e. The van der Waals surface area contributed by atoms with Crippen LogP contribution in [-0.4, -0.2) is 47.6 Å². The number of carbonyl (C=O) groups is 3. The average Bonchev–Trinajstić information content (AvgIpc) is 2.43. The van der Waals surface area contributed by atoms with Gasteiger partial charge in [0, 0.05) is 19.0 Å². The number of carbonyl (C=O) groups excluding carboxylic acids is 3. The van der Waals surface area contributed by atoms with Gasteiger partial charge < -0.3 is 9.64 Å². The van der Waals surface area contributed by atoms with Gasteiger partial charge in [-0.3, -0.25) is 14.8 Å². The van der Waals surface area contributed by atoms with Crippen LogP contribution in [0.4, 0.5) is 4.79 Å². The molecule has 1 aliphatic heterocycles. The van der Waals surface area contributed by atoms with Crippen molar-refractivity contribution in [2.75, 3.05) is 19.7 Å². The molecule has 1 fully saturated rings. The highest BCUT2D eigenvalue weighted by atomic mass is 16.6. The standard InChI is InChI=1S/C13H22N2O5/c1-8(2)7-20-13(18)15-5-4-10(12(17)14-19)11(6-15)9(3)16/h8,10-11,19H,4-7H2,1-3H3,(H,14,17)/t10?,11-/m1/s1. The number of rotatable bonds is 4. The molecule has 1 rings (SSSR count). The molecule has 2 N–H and O–H groups in total. The quantitative estimate of drug-likeness (QED) is 0.589. The zero-order valence-corrected chi connectivity index (χ0v) is 12.1. The van der Waals surface area contributed by atoms with Crippen LogP contribution in [0, 0.1) is 17.8 Å². The molecule has 0 spiro atoms. The zero-order chi connectivity index (χ0) is 15.3. The first-order valence-electron chi connectivity index (χ1n) is 6.72. The van der Waals surface area contributed by atoms with E-state index in [0.29, 0.717) is 19.6 Å². The van der Waals surface area contributed by atoms with Crippen LogP contribution in [0.5, 0.6) is 0 Å². The summed E-state index contributed by atoms with van der Waals surface area (Å²) < 4.78 is 5.12. The van der Waals surface area contributed by atoms with Crippen molar-refractivity contribution < 1.29 is 24.3 Å². The predicted octanol–water partition coefficient (Wildman–Crippen LogP) is 0.812. The van der Waals surface area contributed by atoms with Crippen molar-refractivity contribution in [2.45, 2.75) is 27.2 Å². The van der Waals surface area contributed by atoms with E-state index < -0.39 is 23.8 Å². The first-order valence-corrected chi connectivity index (χ1v) is 6.72. The van der Waals surface area contributed by atoms with Gasteiger partial charge >= 0.3 is 6.09 Å². The Morgan fingerprint density at radius 3 is 2.50 bits per heavy atom. The Labute approximate surface area is 118 Å². The van der Waals surface area contributed by atoms with Crippen LogP contribution >= 0.6 is 0 Å². The third kappa shape index (κ3) is 4.19. The minimum atomic E-state index is -0.609. The largest absolute Gasteiger partial charge is 0.449 e. The van der Waals surface area contributed by atoms with Gasteiger partial charge in [0.05, 0.1) is 12.5 Å². The summed E-state index contributed by atoms with van der Waals surface area (Å²) in [6.45, 7) is 6.04. The van der Waals surface area contributed by atoms with Crippen LogP contribution in [0.1, 0.15) is 27.2 Å². The number of hydrogen-bond donors (Lipinski definition) is 2. The lowest BCUT2D eigenvalue weighted by Crippen LogP contribution is -2.50. The van der Waals surface area contributed by atoms with Crippen molar-refractivity contribution in [3.63, 3.8) is 0 Å². The summed E-state index contributed by atoms with van der Waals surface area (Å²) in [6.07, 6.45) is -0.138. The molecule has 20 heavy (non-hydrogen) atoms. The number of ketones is 1. The van der Waals surface area contributed by atoms with Crippen LogP contribution < -0.4 is 5.48 Å². The summed E-state index contributed by atoms with van der Waals surface area (Å²) in [7, 11) is 0. The lowest BCUT2D eigenvalue weighted by atomic mass is 9.82. The van der Waals surface area contributed by atoms with E-state index in [1.165, 1.54) is 11.8 Å². The molecule has 114 valence electrons. The molecule has 0 bridgehead atoms. The Morgan fingerprint density at radius 1 is 1.35 bits per heavy atom. The van der Waals surface area contributed by atoms with Crippen LogP contribution in [-0.2, 0) is 14.3 Å². The van der Waals surface area contributed by atoms with Crippen LogP contribution in [0.3, 0.4) is 0 Å². The summed E-state index contributed by atoms with van der Waals surface area (Å²) >= 11 is 0. The molecule has 2 amide bonds. The fourth-order valence-corrected chi connectivity index (χ4v) is 2.26. The van der Waals surface area contributed by atoms with Crippen molar-refractivity contribution in [2.24, 2.45) is 17.8 Å². The van der Waals surface area contributed by atoms with E-state index in [1.54, 1.807) is 5.48 Å². The van der Waals surface area contributed by atoms with Gasteiger partial charge in [0.15, 0.2) is 0 Å². The number of ether oxygens (including phenoxy) is 1. The monoisotopic (exact) mass is 286 g/mol. The molecule has 7 heteroatoms. The second-order valence-electron chi connectivity index (χ2n) is 5.51. The second-order valence-corrected chi connectivity index (χ2v) is 5.51. The highest BCUT2D eigenvalue weighted by Crippen LogP contribution is 2.25. The van der Waals surface area contributed by atoms with E-state index in [9.17, 15) is 14.4 Å². The number of hydrogen-bond acceptors (Lipinski definition) is 5. The molecule has 0 aromatic carbocycles. The Balaban J connectivity index is 2.66. The fourth-order valence-electron chi connectivity index (χ4n) is 2.26. The molecule has 0 saturated carbocycles. The van der Waals surface area contributed by atoms with Crippen molar-refractivity contribution in [3.8, 4) is 0 Å². The number of hydroxylamine groups is 1. The molecule has 1 unspecified atom stereocenters. The van der Waals surface area contributed by atoms with Crippen molar-refractivity contribution >= 4 is 17.8 Å². The number of likely N-dealkylation sites (tertiary alicyclic amines) is 1. The first-order chi connectivity index (χ1) is 9.36. The van der Waals surface area contributed by atoms with Gasteiger partial charge in [-0.2, -0.15) is 0 Å². The first kappa shape index (κ1) is 16.4. The van der Waals surface area contributed by atoms with Gasteiger partial charge in [-0.1, -0.05) is 13.8 Å². The van der Waals surface area contributed by atoms with Crippen LogP contribution in [0.15, 0.2) is 0 Å². The SMILES string of the molecule is CC(=O)[C@H]1CN(C(=O)OCC(C)C)CCC1C(=O)NO. The summed E-state index contributed by atoms with van der Waals surface area (Å²) in [5, 5.41) is 8.69. The zero-order valence-electron chi connectivity index (χ0n) is 12.1. The fraction of sp³-hybridized carbons (Fsp3) is 0.769. The number of Topliss-reactive ketones (excluding diaryl/α,β-unsaturated/α-hetero) is 1. The minimum Gasteiger partial charge on any atom is -0.449 e. The molecule has 0 radical (unpaired) electrons. The van der Waals surface area contributed by atoms with Gasteiger partial charge in [-0.25, -0.2) is 10.3 Å². The van der Waals surface area contributed by atoms with E-state index in [0.717, 1.165) is 0 Å². The van der Waals surface area contributed by atoms with Crippen molar-refractivity contribution in [3.05, 3.63) is 0 Å². The predicted molar refractivity (Wildman–Crippen MR) is 70.0 cm³/mol. The van der Waals surface area contributed by atoms with E-state index in [-0.39, 0.29) is 18.2 Å². The maximum atomic E-state index is 11.9. The molecular weight excluding hydrogens is 264 g/mol. The minimum absolute atomic E-state index is 0.143. The third-order valence-electron chi connectivity index (χ3n) is 3.38. The number of piperidine rings is 1. The molecular formula is C13H22N2O5. The summed E-state index contributed by atoms with van der Waals surface area (Å²) in [4.78, 5) is 36.4. The summed E-state index contributed by atoms with van der Waals surface area (Å²) in [6, 6.07) is 0. The molecule has 0 aliphatic carbocycles. The lowest BCUT2D eigenvalue weighted by molar-refractivity contribution is -0.141. The second kappa shape index (κ2) is 7.23. The topological polar surface area (TPSA) is 95.9 Å². The Bertz CT molecular complexity index is 383. The average molecular weight is 286 g/mol. The highest BCUT2D eigenvalue weighted by molar-refractivity contribution is 5.88. The maximum Gasteiger partial charge on any atom is 0.409 e. The van der Waals surface area contributed by atoms with E-state index >= 15 is 0 Å². The van der Waals surface area contributed by atoms with E-state index in [1.807, 2.05) is 13.8 Å². The molecule has 1 heterocycles. The van der Waals surface area contributed by atoms with E-state index in [4.69, 9.17) is 9.94 Å².